The van der Waals surface area contributed by atoms with Crippen LogP contribution in [-0.2, 0) is 15.8 Å². The summed E-state index contributed by atoms with van der Waals surface area (Å²) in [5, 5.41) is 9.21. The topological polar surface area (TPSA) is 83.6 Å². The summed E-state index contributed by atoms with van der Waals surface area (Å²) in [5.74, 6) is -0.127. The monoisotopic (exact) mass is 272 g/mol. The fourth-order valence-electron chi connectivity index (χ4n) is 1.47. The van der Waals surface area contributed by atoms with Crippen molar-refractivity contribution in [3.8, 4) is 0 Å². The molecule has 0 heterocycles. The molecule has 1 rings (SSSR count). The summed E-state index contributed by atoms with van der Waals surface area (Å²) in [7, 11) is -2.01. The Balaban J connectivity index is 2.96. The van der Waals surface area contributed by atoms with Gasteiger partial charge in [-0.2, -0.15) is 4.31 Å². The number of benzene rings is 1. The minimum atomic E-state index is -3.48. The maximum Gasteiger partial charge on any atom is 0.218 e. The van der Waals surface area contributed by atoms with Gasteiger partial charge in [-0.1, -0.05) is 12.1 Å². The van der Waals surface area contributed by atoms with Crippen molar-refractivity contribution in [2.75, 3.05) is 19.4 Å². The van der Waals surface area contributed by atoms with E-state index in [9.17, 15) is 13.5 Å². The van der Waals surface area contributed by atoms with Crippen LogP contribution in [0.3, 0.4) is 0 Å². The zero-order valence-electron chi connectivity index (χ0n) is 10.9. The van der Waals surface area contributed by atoms with E-state index in [0.29, 0.717) is 11.3 Å². The first-order valence-corrected chi connectivity index (χ1v) is 7.22. The second-order valence-corrected chi connectivity index (χ2v) is 6.94. The maximum atomic E-state index is 12.2. The molecular weight excluding hydrogens is 252 g/mol. The minimum Gasteiger partial charge on any atom is -0.399 e. The van der Waals surface area contributed by atoms with Crippen molar-refractivity contribution in [3.05, 3.63) is 29.8 Å². The van der Waals surface area contributed by atoms with Gasteiger partial charge in [-0.3, -0.25) is 0 Å². The van der Waals surface area contributed by atoms with E-state index in [1.165, 1.54) is 11.4 Å². The van der Waals surface area contributed by atoms with Gasteiger partial charge in [0.1, 0.15) is 0 Å². The summed E-state index contributed by atoms with van der Waals surface area (Å²) in [6.07, 6.45) is 0. The van der Waals surface area contributed by atoms with Gasteiger partial charge in [0.05, 0.1) is 17.9 Å². The fraction of sp³-hybridized carbons (Fsp3) is 0.500. The summed E-state index contributed by atoms with van der Waals surface area (Å²) >= 11 is 0. The van der Waals surface area contributed by atoms with Crippen LogP contribution in [0.15, 0.2) is 24.3 Å². The summed E-state index contributed by atoms with van der Waals surface area (Å²) in [4.78, 5) is 0. The largest absolute Gasteiger partial charge is 0.399 e. The van der Waals surface area contributed by atoms with Crippen molar-refractivity contribution in [3.63, 3.8) is 0 Å². The van der Waals surface area contributed by atoms with Crippen molar-refractivity contribution < 1.29 is 13.5 Å². The molecule has 3 N–H and O–H groups in total. The van der Waals surface area contributed by atoms with Crippen molar-refractivity contribution in [2.45, 2.75) is 25.1 Å². The van der Waals surface area contributed by atoms with E-state index in [-0.39, 0.29) is 12.4 Å². The lowest BCUT2D eigenvalue weighted by Gasteiger charge is -2.32. The standard InChI is InChI=1S/C12H20N2O3S/c1-12(2,9-15)14(3)18(16,17)8-10-5-4-6-11(13)7-10/h4-7,15H,8-9,13H2,1-3H3. The molecule has 0 bridgehead atoms. The highest BCUT2D eigenvalue weighted by molar-refractivity contribution is 7.88. The molecule has 1 aromatic carbocycles. The van der Waals surface area contributed by atoms with Crippen LogP contribution in [0.1, 0.15) is 19.4 Å². The molecule has 0 aliphatic carbocycles. The Bertz CT molecular complexity index is 512. The molecule has 0 saturated carbocycles. The third kappa shape index (κ3) is 3.44. The molecule has 18 heavy (non-hydrogen) atoms. The average molecular weight is 272 g/mol. The first-order valence-electron chi connectivity index (χ1n) is 5.61. The Kier molecular flexibility index (Phi) is 4.37. The average Bonchev–Trinajstić information content (AvgIpc) is 2.27. The third-order valence-electron chi connectivity index (χ3n) is 2.96. The molecule has 5 nitrogen and oxygen atoms in total. The molecule has 0 radical (unpaired) electrons. The molecule has 0 fully saturated rings. The molecular formula is C12H20N2O3S. The molecule has 0 aliphatic rings. The van der Waals surface area contributed by atoms with Gasteiger partial charge < -0.3 is 10.8 Å². The first-order chi connectivity index (χ1) is 8.19. The van der Waals surface area contributed by atoms with Gasteiger partial charge in [0.15, 0.2) is 0 Å². The van der Waals surface area contributed by atoms with E-state index in [1.807, 2.05) is 0 Å². The van der Waals surface area contributed by atoms with Gasteiger partial charge in [-0.05, 0) is 31.5 Å². The van der Waals surface area contributed by atoms with Gasteiger partial charge in [0.2, 0.25) is 10.0 Å². The Morgan fingerprint density at radius 3 is 2.50 bits per heavy atom. The lowest BCUT2D eigenvalue weighted by atomic mass is 10.1. The predicted molar refractivity (Wildman–Crippen MR) is 72.4 cm³/mol. The number of hydrogen-bond donors (Lipinski definition) is 2. The van der Waals surface area contributed by atoms with Crippen LogP contribution < -0.4 is 5.73 Å². The van der Waals surface area contributed by atoms with E-state index in [0.717, 1.165) is 0 Å². The van der Waals surface area contributed by atoms with Gasteiger partial charge in [-0.15, -0.1) is 0 Å². The molecule has 0 aliphatic heterocycles. The number of likely N-dealkylation sites (N-methyl/N-ethyl adjacent to an activating group) is 1. The van der Waals surface area contributed by atoms with E-state index < -0.39 is 15.6 Å². The maximum absolute atomic E-state index is 12.2. The van der Waals surface area contributed by atoms with E-state index >= 15 is 0 Å². The van der Waals surface area contributed by atoms with E-state index in [4.69, 9.17) is 5.73 Å². The number of aliphatic hydroxyl groups excluding tert-OH is 1. The number of rotatable bonds is 5. The molecule has 0 aromatic heterocycles. The second-order valence-electron chi connectivity index (χ2n) is 4.94. The number of anilines is 1. The van der Waals surface area contributed by atoms with Crippen LogP contribution >= 0.6 is 0 Å². The lowest BCUT2D eigenvalue weighted by Crippen LogP contribution is -2.47. The number of hydrogen-bond acceptors (Lipinski definition) is 4. The summed E-state index contributed by atoms with van der Waals surface area (Å²) < 4.78 is 25.6. The highest BCUT2D eigenvalue weighted by atomic mass is 32.2. The third-order valence-corrected chi connectivity index (χ3v) is 4.98. The SMILES string of the molecule is CN(C(C)(C)CO)S(=O)(=O)Cc1cccc(N)c1. The number of aliphatic hydroxyl groups is 1. The Hall–Kier alpha value is -1.11. The zero-order valence-corrected chi connectivity index (χ0v) is 11.7. The van der Waals surface area contributed by atoms with Gasteiger partial charge in [0.25, 0.3) is 0 Å². The van der Waals surface area contributed by atoms with Gasteiger partial charge in [-0.25, -0.2) is 8.42 Å². The number of nitrogen functional groups attached to an aromatic ring is 1. The van der Waals surface area contributed by atoms with Gasteiger partial charge in [0, 0.05) is 12.7 Å². The van der Waals surface area contributed by atoms with Gasteiger partial charge >= 0.3 is 0 Å². The second kappa shape index (κ2) is 5.26. The fourth-order valence-corrected chi connectivity index (χ4v) is 3.07. The van der Waals surface area contributed by atoms with Crippen molar-refractivity contribution >= 4 is 15.7 Å². The summed E-state index contributed by atoms with van der Waals surface area (Å²) in [6, 6.07) is 6.78. The number of sulfonamides is 1. The summed E-state index contributed by atoms with van der Waals surface area (Å²) in [6.45, 7) is 3.10. The zero-order chi connectivity index (χ0) is 14.0. The smallest absolute Gasteiger partial charge is 0.218 e. The number of nitrogens with zero attached hydrogens (tertiary/aromatic N) is 1. The molecule has 0 saturated heterocycles. The minimum absolute atomic E-state index is 0.127. The molecule has 0 atom stereocenters. The molecule has 0 amide bonds. The van der Waals surface area contributed by atoms with Crippen LogP contribution in [0.5, 0.6) is 0 Å². The van der Waals surface area contributed by atoms with Crippen LogP contribution in [0, 0.1) is 0 Å². The molecule has 102 valence electrons. The van der Waals surface area contributed by atoms with Crippen molar-refractivity contribution in [2.24, 2.45) is 0 Å². The van der Waals surface area contributed by atoms with Crippen molar-refractivity contribution in [1.82, 2.24) is 4.31 Å². The van der Waals surface area contributed by atoms with Crippen LogP contribution in [0.4, 0.5) is 5.69 Å². The van der Waals surface area contributed by atoms with Crippen LogP contribution in [-0.4, -0.2) is 37.0 Å². The highest BCUT2D eigenvalue weighted by Gasteiger charge is 2.32. The molecule has 0 spiro atoms. The Morgan fingerprint density at radius 2 is 2.00 bits per heavy atom. The Labute approximate surface area is 108 Å². The van der Waals surface area contributed by atoms with E-state index in [1.54, 1.807) is 38.1 Å². The van der Waals surface area contributed by atoms with Crippen LogP contribution in [0.2, 0.25) is 0 Å². The Morgan fingerprint density at radius 1 is 1.39 bits per heavy atom. The number of nitrogens with two attached hydrogens (primary N) is 1. The summed E-state index contributed by atoms with van der Waals surface area (Å²) in [5.41, 5.74) is 5.97. The van der Waals surface area contributed by atoms with E-state index in [2.05, 4.69) is 0 Å². The molecule has 6 heteroatoms. The highest BCUT2D eigenvalue weighted by Crippen LogP contribution is 2.20. The lowest BCUT2D eigenvalue weighted by molar-refractivity contribution is 0.138. The van der Waals surface area contributed by atoms with Crippen LogP contribution in [0.25, 0.3) is 0 Å². The normalized spacial score (nSPS) is 12.9. The predicted octanol–water partition coefficient (Wildman–Crippen LogP) is 0.801. The first kappa shape index (κ1) is 14.9. The molecule has 0 unspecified atom stereocenters. The quantitative estimate of drug-likeness (QED) is 0.777. The van der Waals surface area contributed by atoms with Crippen molar-refractivity contribution in [1.29, 1.82) is 0 Å². The molecule has 1 aromatic rings.